The monoisotopic (exact) mass is 255 g/mol. The molecule has 1 atom stereocenters. The highest BCUT2D eigenvalue weighted by atomic mass is 16.5. The van der Waals surface area contributed by atoms with Gasteiger partial charge in [-0.05, 0) is 13.8 Å². The topological polar surface area (TPSA) is 121 Å². The summed E-state index contributed by atoms with van der Waals surface area (Å²) in [5.74, 6) is -1.34. The van der Waals surface area contributed by atoms with Crippen molar-refractivity contribution in [2.75, 3.05) is 6.61 Å². The highest BCUT2D eigenvalue weighted by molar-refractivity contribution is 5.94. The standard InChI is InChI=1S/C10H13N3O5/c1-3-18-9(16)5(2)11-8(15)6-4-7(14)13-10(17)12-6/h4-5H,3H2,1-2H3,(H,11,15)(H2,12,13,14,17). The SMILES string of the molecule is CCOC(=O)C(C)NC(=O)c1cc(=O)[nH]c(=O)[nH]1. The molecule has 8 nitrogen and oxygen atoms in total. The number of nitrogens with one attached hydrogen (secondary N) is 3. The Balaban J connectivity index is 2.79. The first-order valence-corrected chi connectivity index (χ1v) is 5.25. The van der Waals surface area contributed by atoms with Crippen LogP contribution in [0.5, 0.6) is 0 Å². The van der Waals surface area contributed by atoms with E-state index < -0.39 is 29.2 Å². The second-order valence-corrected chi connectivity index (χ2v) is 3.45. The molecule has 0 spiro atoms. The van der Waals surface area contributed by atoms with Gasteiger partial charge in [0.1, 0.15) is 11.7 Å². The van der Waals surface area contributed by atoms with Crippen molar-refractivity contribution in [3.05, 3.63) is 32.6 Å². The van der Waals surface area contributed by atoms with E-state index in [4.69, 9.17) is 4.74 Å². The van der Waals surface area contributed by atoms with E-state index in [9.17, 15) is 19.2 Å². The molecule has 0 saturated carbocycles. The summed E-state index contributed by atoms with van der Waals surface area (Å²) in [5.41, 5.74) is -1.72. The van der Waals surface area contributed by atoms with Gasteiger partial charge in [-0.15, -0.1) is 0 Å². The van der Waals surface area contributed by atoms with Gasteiger partial charge in [0.2, 0.25) is 0 Å². The smallest absolute Gasteiger partial charge is 0.328 e. The van der Waals surface area contributed by atoms with Crippen LogP contribution in [0.2, 0.25) is 0 Å². The highest BCUT2D eigenvalue weighted by Gasteiger charge is 2.18. The molecule has 1 aromatic heterocycles. The van der Waals surface area contributed by atoms with Crippen molar-refractivity contribution in [2.45, 2.75) is 19.9 Å². The van der Waals surface area contributed by atoms with E-state index in [0.29, 0.717) is 0 Å². The van der Waals surface area contributed by atoms with Crippen LogP contribution in [0.3, 0.4) is 0 Å². The summed E-state index contributed by atoms with van der Waals surface area (Å²) in [6.45, 7) is 3.27. The summed E-state index contributed by atoms with van der Waals surface area (Å²) in [4.78, 5) is 48.9. The fourth-order valence-corrected chi connectivity index (χ4v) is 1.19. The Bertz CT molecular complexity index is 531. The second kappa shape index (κ2) is 5.80. The number of esters is 1. The Kier molecular flexibility index (Phi) is 4.41. The van der Waals surface area contributed by atoms with Gasteiger partial charge in [0, 0.05) is 6.07 Å². The van der Waals surface area contributed by atoms with Crippen LogP contribution in [0, 0.1) is 0 Å². The average Bonchev–Trinajstić information content (AvgIpc) is 2.27. The summed E-state index contributed by atoms with van der Waals surface area (Å²) in [7, 11) is 0. The lowest BCUT2D eigenvalue weighted by Crippen LogP contribution is -2.41. The molecule has 18 heavy (non-hydrogen) atoms. The molecule has 1 heterocycles. The molecule has 8 heteroatoms. The summed E-state index contributed by atoms with van der Waals surface area (Å²) >= 11 is 0. The molecule has 1 rings (SSSR count). The Hall–Kier alpha value is -2.38. The van der Waals surface area contributed by atoms with Crippen molar-refractivity contribution in [3.8, 4) is 0 Å². The van der Waals surface area contributed by atoms with Crippen LogP contribution in [0.15, 0.2) is 15.7 Å². The maximum atomic E-state index is 11.6. The Morgan fingerprint density at radius 3 is 2.61 bits per heavy atom. The third kappa shape index (κ3) is 3.58. The summed E-state index contributed by atoms with van der Waals surface area (Å²) < 4.78 is 4.69. The molecular weight excluding hydrogens is 242 g/mol. The van der Waals surface area contributed by atoms with Gasteiger partial charge in [-0.1, -0.05) is 0 Å². The quantitative estimate of drug-likeness (QED) is 0.580. The lowest BCUT2D eigenvalue weighted by Gasteiger charge is -2.11. The fraction of sp³-hybridized carbons (Fsp3) is 0.400. The number of hydrogen-bond acceptors (Lipinski definition) is 5. The van der Waals surface area contributed by atoms with Gasteiger partial charge in [-0.25, -0.2) is 9.59 Å². The molecule has 0 aliphatic heterocycles. The molecule has 1 amide bonds. The first kappa shape index (κ1) is 13.7. The maximum absolute atomic E-state index is 11.6. The van der Waals surface area contributed by atoms with Gasteiger partial charge in [0.25, 0.3) is 11.5 Å². The van der Waals surface area contributed by atoms with E-state index in [2.05, 4.69) is 10.3 Å². The molecule has 0 aliphatic carbocycles. The van der Waals surface area contributed by atoms with Crippen molar-refractivity contribution in [3.63, 3.8) is 0 Å². The largest absolute Gasteiger partial charge is 0.464 e. The van der Waals surface area contributed by atoms with Gasteiger partial charge in [-0.2, -0.15) is 0 Å². The number of carbonyl (C=O) groups is 2. The van der Waals surface area contributed by atoms with E-state index in [-0.39, 0.29) is 12.3 Å². The Morgan fingerprint density at radius 1 is 1.39 bits per heavy atom. The molecule has 0 bridgehead atoms. The lowest BCUT2D eigenvalue weighted by molar-refractivity contribution is -0.144. The first-order valence-electron chi connectivity index (χ1n) is 5.25. The number of rotatable bonds is 4. The molecule has 3 N–H and O–H groups in total. The van der Waals surface area contributed by atoms with Crippen molar-refractivity contribution in [1.29, 1.82) is 0 Å². The first-order chi connectivity index (χ1) is 8.43. The predicted octanol–water partition coefficient (Wildman–Crippen LogP) is -1.26. The predicted molar refractivity (Wildman–Crippen MR) is 61.2 cm³/mol. The molecule has 1 unspecified atom stereocenters. The average molecular weight is 255 g/mol. The minimum absolute atomic E-state index is 0.195. The second-order valence-electron chi connectivity index (χ2n) is 3.45. The van der Waals surface area contributed by atoms with Gasteiger partial charge >= 0.3 is 11.7 Å². The van der Waals surface area contributed by atoms with Gasteiger partial charge in [0.15, 0.2) is 0 Å². The molecule has 0 aromatic carbocycles. The number of hydrogen-bond donors (Lipinski definition) is 3. The molecule has 0 radical (unpaired) electrons. The highest BCUT2D eigenvalue weighted by Crippen LogP contribution is 1.92. The van der Waals surface area contributed by atoms with Gasteiger partial charge < -0.3 is 15.0 Å². The van der Waals surface area contributed by atoms with Crippen LogP contribution in [0.1, 0.15) is 24.3 Å². The van der Waals surface area contributed by atoms with Crippen LogP contribution in [0.4, 0.5) is 0 Å². The molecular formula is C10H13N3O5. The van der Waals surface area contributed by atoms with Crippen LogP contribution >= 0.6 is 0 Å². The van der Waals surface area contributed by atoms with Crippen molar-refractivity contribution >= 4 is 11.9 Å². The Labute approximate surface area is 101 Å². The van der Waals surface area contributed by atoms with Crippen molar-refractivity contribution < 1.29 is 14.3 Å². The van der Waals surface area contributed by atoms with Crippen LogP contribution < -0.4 is 16.6 Å². The zero-order valence-corrected chi connectivity index (χ0v) is 9.90. The lowest BCUT2D eigenvalue weighted by atomic mass is 10.3. The van der Waals surface area contributed by atoms with E-state index in [0.717, 1.165) is 6.07 Å². The van der Waals surface area contributed by atoms with E-state index in [1.165, 1.54) is 6.92 Å². The minimum Gasteiger partial charge on any atom is -0.464 e. The van der Waals surface area contributed by atoms with Crippen LogP contribution in [-0.4, -0.2) is 34.5 Å². The molecule has 0 fully saturated rings. The molecule has 0 aliphatic rings. The maximum Gasteiger partial charge on any atom is 0.328 e. The van der Waals surface area contributed by atoms with Crippen molar-refractivity contribution in [1.82, 2.24) is 15.3 Å². The third-order valence-electron chi connectivity index (χ3n) is 1.99. The van der Waals surface area contributed by atoms with E-state index in [1.807, 2.05) is 4.98 Å². The summed E-state index contributed by atoms with van der Waals surface area (Å²) in [6.07, 6.45) is 0. The number of ether oxygens (including phenoxy) is 1. The molecule has 1 aromatic rings. The zero-order valence-electron chi connectivity index (χ0n) is 9.90. The number of aromatic nitrogens is 2. The minimum atomic E-state index is -0.875. The molecule has 0 saturated heterocycles. The number of amides is 1. The van der Waals surface area contributed by atoms with E-state index in [1.54, 1.807) is 6.92 Å². The number of carbonyl (C=O) groups excluding carboxylic acids is 2. The fourth-order valence-electron chi connectivity index (χ4n) is 1.19. The summed E-state index contributed by atoms with van der Waals surface area (Å²) in [5, 5.41) is 2.30. The zero-order chi connectivity index (χ0) is 13.7. The van der Waals surface area contributed by atoms with E-state index >= 15 is 0 Å². The van der Waals surface area contributed by atoms with Gasteiger partial charge in [-0.3, -0.25) is 14.6 Å². The molecule has 98 valence electrons. The number of aromatic amines is 2. The van der Waals surface area contributed by atoms with Crippen molar-refractivity contribution in [2.24, 2.45) is 0 Å². The van der Waals surface area contributed by atoms with Gasteiger partial charge in [0.05, 0.1) is 6.61 Å². The van der Waals surface area contributed by atoms with Crippen LogP contribution in [-0.2, 0) is 9.53 Å². The third-order valence-corrected chi connectivity index (χ3v) is 1.99. The Morgan fingerprint density at radius 2 is 2.06 bits per heavy atom. The van der Waals surface area contributed by atoms with Crippen LogP contribution in [0.25, 0.3) is 0 Å². The summed E-state index contributed by atoms with van der Waals surface area (Å²) in [6, 6.07) is 0.0504. The number of H-pyrrole nitrogens is 2. The normalized spacial score (nSPS) is 11.7.